The van der Waals surface area contributed by atoms with Gasteiger partial charge in [0, 0.05) is 10.5 Å². The molecular formula is C16H19BrN2. The number of hydrogen-bond donors (Lipinski definition) is 2. The molecule has 2 aromatic rings. The minimum atomic E-state index is 0.237. The first kappa shape index (κ1) is 14.3. The lowest BCUT2D eigenvalue weighted by Gasteiger charge is -2.17. The fourth-order valence-corrected chi connectivity index (χ4v) is 2.69. The Balaban J connectivity index is 2.07. The third-order valence-electron chi connectivity index (χ3n) is 3.22. The molecule has 0 aromatic heterocycles. The molecule has 0 aliphatic carbocycles. The second-order valence-corrected chi connectivity index (χ2v) is 5.71. The number of aryl methyl sites for hydroxylation is 1. The Labute approximate surface area is 123 Å². The fraction of sp³-hybridized carbons (Fsp3) is 0.250. The van der Waals surface area contributed by atoms with E-state index in [0.717, 1.165) is 17.3 Å². The summed E-state index contributed by atoms with van der Waals surface area (Å²) in [4.78, 5) is 0. The zero-order chi connectivity index (χ0) is 13.7. The fourth-order valence-electron chi connectivity index (χ4n) is 2.24. The van der Waals surface area contributed by atoms with E-state index >= 15 is 0 Å². The van der Waals surface area contributed by atoms with E-state index in [0.29, 0.717) is 0 Å². The van der Waals surface area contributed by atoms with E-state index in [1.54, 1.807) is 0 Å². The van der Waals surface area contributed by atoms with Crippen molar-refractivity contribution in [3.8, 4) is 0 Å². The molecule has 0 saturated carbocycles. The normalized spacial score (nSPS) is 12.4. The van der Waals surface area contributed by atoms with Crippen molar-refractivity contribution < 1.29 is 0 Å². The van der Waals surface area contributed by atoms with Gasteiger partial charge in [-0.25, -0.2) is 0 Å². The van der Waals surface area contributed by atoms with Gasteiger partial charge in [0.1, 0.15) is 0 Å². The molecule has 100 valence electrons. The van der Waals surface area contributed by atoms with Gasteiger partial charge < -0.3 is 0 Å². The third-order valence-corrected chi connectivity index (χ3v) is 4.00. The summed E-state index contributed by atoms with van der Waals surface area (Å²) in [5.41, 5.74) is 6.80. The summed E-state index contributed by atoms with van der Waals surface area (Å²) in [5, 5.41) is 0. The molecule has 3 N–H and O–H groups in total. The molecule has 3 heteroatoms. The van der Waals surface area contributed by atoms with Gasteiger partial charge in [-0.3, -0.25) is 11.3 Å². The quantitative estimate of drug-likeness (QED) is 0.655. The Morgan fingerprint density at radius 2 is 1.89 bits per heavy atom. The topological polar surface area (TPSA) is 38.0 Å². The summed E-state index contributed by atoms with van der Waals surface area (Å²) in [6.45, 7) is 2.11. The molecule has 0 radical (unpaired) electrons. The molecule has 0 saturated heterocycles. The molecule has 0 heterocycles. The zero-order valence-corrected chi connectivity index (χ0v) is 12.7. The summed E-state index contributed by atoms with van der Waals surface area (Å²) in [7, 11) is 0. The van der Waals surface area contributed by atoms with Gasteiger partial charge in [-0.05, 0) is 37.0 Å². The van der Waals surface area contributed by atoms with Gasteiger partial charge in [-0.2, -0.15) is 0 Å². The standard InChI is InChI=1S/C16H19BrN2/c1-12-5-4-6-13(9-12)10-15(19-18)11-14-7-2-3-8-16(14)17/h2-9,15,19H,10-11,18H2,1H3. The number of rotatable bonds is 5. The Kier molecular flexibility index (Phi) is 5.14. The molecule has 2 nitrogen and oxygen atoms in total. The minimum absolute atomic E-state index is 0.237. The van der Waals surface area contributed by atoms with Crippen LogP contribution >= 0.6 is 15.9 Å². The summed E-state index contributed by atoms with van der Waals surface area (Å²) in [6.07, 6.45) is 1.84. The molecule has 0 amide bonds. The van der Waals surface area contributed by atoms with Crippen LogP contribution < -0.4 is 11.3 Å². The van der Waals surface area contributed by atoms with Crippen molar-refractivity contribution in [2.45, 2.75) is 25.8 Å². The van der Waals surface area contributed by atoms with Gasteiger partial charge in [-0.1, -0.05) is 64.0 Å². The molecule has 1 unspecified atom stereocenters. The van der Waals surface area contributed by atoms with Crippen LogP contribution in [0.2, 0.25) is 0 Å². The van der Waals surface area contributed by atoms with Crippen LogP contribution in [0.4, 0.5) is 0 Å². The lowest BCUT2D eigenvalue weighted by atomic mass is 9.98. The minimum Gasteiger partial charge on any atom is -0.271 e. The van der Waals surface area contributed by atoms with Crippen molar-refractivity contribution in [2.75, 3.05) is 0 Å². The lowest BCUT2D eigenvalue weighted by Crippen LogP contribution is -2.38. The average Bonchev–Trinajstić information content (AvgIpc) is 2.40. The maximum absolute atomic E-state index is 5.69. The highest BCUT2D eigenvalue weighted by Crippen LogP contribution is 2.18. The number of nitrogens with one attached hydrogen (secondary N) is 1. The van der Waals surface area contributed by atoms with E-state index in [4.69, 9.17) is 5.84 Å². The average molecular weight is 319 g/mol. The van der Waals surface area contributed by atoms with Crippen molar-refractivity contribution in [1.29, 1.82) is 0 Å². The Bertz CT molecular complexity index is 540. The van der Waals surface area contributed by atoms with Gasteiger partial charge in [0.25, 0.3) is 0 Å². The van der Waals surface area contributed by atoms with Crippen molar-refractivity contribution in [1.82, 2.24) is 5.43 Å². The molecule has 2 rings (SSSR count). The van der Waals surface area contributed by atoms with E-state index < -0.39 is 0 Å². The first-order valence-electron chi connectivity index (χ1n) is 6.44. The SMILES string of the molecule is Cc1cccc(CC(Cc2ccccc2Br)NN)c1. The largest absolute Gasteiger partial charge is 0.271 e. The molecular weight excluding hydrogens is 300 g/mol. The number of nitrogens with two attached hydrogens (primary N) is 1. The molecule has 0 fully saturated rings. The zero-order valence-electron chi connectivity index (χ0n) is 11.1. The highest BCUT2D eigenvalue weighted by atomic mass is 79.9. The maximum Gasteiger partial charge on any atom is 0.0291 e. The summed E-state index contributed by atoms with van der Waals surface area (Å²) >= 11 is 3.58. The van der Waals surface area contributed by atoms with Gasteiger partial charge in [0.15, 0.2) is 0 Å². The van der Waals surface area contributed by atoms with Crippen LogP contribution in [0.3, 0.4) is 0 Å². The van der Waals surface area contributed by atoms with Crippen LogP contribution in [-0.4, -0.2) is 6.04 Å². The highest BCUT2D eigenvalue weighted by Gasteiger charge is 2.10. The summed E-state index contributed by atoms with van der Waals surface area (Å²) in [6, 6.07) is 17.1. The number of hydrogen-bond acceptors (Lipinski definition) is 2. The second-order valence-electron chi connectivity index (χ2n) is 4.85. The van der Waals surface area contributed by atoms with Gasteiger partial charge >= 0.3 is 0 Å². The molecule has 1 atom stereocenters. The number of benzene rings is 2. The molecule has 0 aliphatic heterocycles. The molecule has 2 aromatic carbocycles. The summed E-state index contributed by atoms with van der Waals surface area (Å²) in [5.74, 6) is 5.69. The highest BCUT2D eigenvalue weighted by molar-refractivity contribution is 9.10. The first-order chi connectivity index (χ1) is 9.19. The molecule has 0 bridgehead atoms. The summed E-state index contributed by atoms with van der Waals surface area (Å²) < 4.78 is 1.14. The van der Waals surface area contributed by atoms with E-state index in [2.05, 4.69) is 70.7 Å². The Hall–Kier alpha value is -1.16. The lowest BCUT2D eigenvalue weighted by molar-refractivity contribution is 0.522. The first-order valence-corrected chi connectivity index (χ1v) is 7.23. The second kappa shape index (κ2) is 6.85. The third kappa shape index (κ3) is 4.16. The smallest absolute Gasteiger partial charge is 0.0291 e. The van der Waals surface area contributed by atoms with Crippen LogP contribution in [0.25, 0.3) is 0 Å². The van der Waals surface area contributed by atoms with Crippen molar-refractivity contribution >= 4 is 15.9 Å². The van der Waals surface area contributed by atoms with Crippen LogP contribution in [0.5, 0.6) is 0 Å². The Morgan fingerprint density at radius 3 is 2.58 bits per heavy atom. The van der Waals surface area contributed by atoms with Crippen molar-refractivity contribution in [2.24, 2.45) is 5.84 Å². The molecule has 19 heavy (non-hydrogen) atoms. The van der Waals surface area contributed by atoms with Crippen LogP contribution in [0, 0.1) is 6.92 Å². The van der Waals surface area contributed by atoms with E-state index in [1.165, 1.54) is 16.7 Å². The van der Waals surface area contributed by atoms with Crippen molar-refractivity contribution in [3.63, 3.8) is 0 Å². The maximum atomic E-state index is 5.69. The van der Waals surface area contributed by atoms with E-state index in [-0.39, 0.29) is 6.04 Å². The van der Waals surface area contributed by atoms with Gasteiger partial charge in [0.2, 0.25) is 0 Å². The van der Waals surface area contributed by atoms with E-state index in [9.17, 15) is 0 Å². The number of hydrazine groups is 1. The molecule has 0 aliphatic rings. The van der Waals surface area contributed by atoms with Gasteiger partial charge in [0.05, 0.1) is 0 Å². The number of halogens is 1. The monoisotopic (exact) mass is 318 g/mol. The van der Waals surface area contributed by atoms with Crippen LogP contribution in [0.15, 0.2) is 53.0 Å². The Morgan fingerprint density at radius 1 is 1.11 bits per heavy atom. The molecule has 0 spiro atoms. The van der Waals surface area contributed by atoms with Gasteiger partial charge in [-0.15, -0.1) is 0 Å². The van der Waals surface area contributed by atoms with Crippen LogP contribution in [0.1, 0.15) is 16.7 Å². The van der Waals surface area contributed by atoms with E-state index in [1.807, 2.05) is 6.07 Å². The van der Waals surface area contributed by atoms with Crippen molar-refractivity contribution in [3.05, 3.63) is 69.7 Å². The predicted molar refractivity (Wildman–Crippen MR) is 83.8 cm³/mol. The van der Waals surface area contributed by atoms with Crippen LogP contribution in [-0.2, 0) is 12.8 Å². The predicted octanol–water partition coefficient (Wildman–Crippen LogP) is 3.37.